The van der Waals surface area contributed by atoms with E-state index in [1.165, 1.54) is 29.5 Å². The van der Waals surface area contributed by atoms with Gasteiger partial charge in [0.25, 0.3) is 0 Å². The number of hydrazone groups is 2. The second-order valence-corrected chi connectivity index (χ2v) is 30.2. The number of rotatable bonds is 20. The van der Waals surface area contributed by atoms with Crippen LogP contribution >= 0.6 is 130 Å². The van der Waals surface area contributed by atoms with Crippen molar-refractivity contribution in [3.63, 3.8) is 0 Å². The van der Waals surface area contributed by atoms with Gasteiger partial charge in [0.1, 0.15) is 40.4 Å². The lowest BCUT2D eigenvalue weighted by Gasteiger charge is -2.12. The monoisotopic (exact) mass is 1930 g/mol. The van der Waals surface area contributed by atoms with E-state index >= 15 is 0 Å². The standard InChI is InChI=1S/C16H15Br2NO.C15H12Br2O2.C14H13BrN2O.C14H13ClO3.C13H12BrN3O.C12H9Cl2N3O/c1-11-3-5-12(6-4-11)9-19-10-13-7-14(17)8-15(18)16(13)20-2;16-11-8-12(15(19)13(17)9-11)14(18)7-6-10-4-2-1-3-5-10;1-10-6-14(18)11(7-13(10)15)8-16-9-12-4-2-3-5-17-12;1-9-3-6-12(17-2)14(7-9)18-13-8-10(15)4-5-11(13)16;1-9-6-11(14)7-10(13(9)18)8-16-17-12-4-2-3-5-15-12;13-9-5-8(12(18)10(14)6-9)7-16-17-11-3-1-2-4-15-11/h3-8,10H,9H2,1-2H3;1-5,8-9,19H,6-7H2;2-8,18H,9H2,1H3;3-8,16H,1-2H3;2-8,18H,1H3,(H,15,17);1-7,18H,(H,15,17)/b;;;;16-8+;16-7+. The summed E-state index contributed by atoms with van der Waals surface area (Å²) in [5.74, 6) is 3.84. The van der Waals surface area contributed by atoms with Crippen molar-refractivity contribution in [1.82, 2.24) is 15.0 Å². The number of aromatic nitrogens is 3. The van der Waals surface area contributed by atoms with E-state index in [0.29, 0.717) is 91.6 Å². The van der Waals surface area contributed by atoms with Gasteiger partial charge in [-0.25, -0.2) is 9.97 Å². The van der Waals surface area contributed by atoms with Gasteiger partial charge in [-0.1, -0.05) is 183 Å². The van der Waals surface area contributed by atoms with E-state index in [0.717, 1.165) is 61.6 Å². The van der Waals surface area contributed by atoms with Gasteiger partial charge >= 0.3 is 0 Å². The summed E-state index contributed by atoms with van der Waals surface area (Å²) in [7, 11) is 3.22. The van der Waals surface area contributed by atoms with Crippen molar-refractivity contribution in [1.29, 1.82) is 0 Å². The van der Waals surface area contributed by atoms with Crippen LogP contribution in [0.3, 0.4) is 0 Å². The quantitative estimate of drug-likeness (QED) is 0.0213. The highest BCUT2D eigenvalue weighted by Crippen LogP contribution is 2.39. The lowest BCUT2D eigenvalue weighted by atomic mass is 10.0. The number of aryl methyl sites for hydroxylation is 5. The lowest BCUT2D eigenvalue weighted by Crippen LogP contribution is -2.02. The topological polar surface area (TPSA) is 258 Å². The van der Waals surface area contributed by atoms with Crippen LogP contribution in [-0.4, -0.2) is 85.3 Å². The fourth-order valence-electron chi connectivity index (χ4n) is 9.45. The summed E-state index contributed by atoms with van der Waals surface area (Å²) >= 11 is 37.8. The fraction of sp³-hybridized carbons (Fsp3) is 0.119. The minimum absolute atomic E-state index is 0.00117. The molecule has 0 saturated heterocycles. The number of phenolic OH excluding ortho intramolecular Hbond substituents is 5. The first-order valence-corrected chi connectivity index (χ1v) is 39.3. The molecule has 12 rings (SSSR count). The van der Waals surface area contributed by atoms with Gasteiger partial charge in [0.05, 0.1) is 65.0 Å². The third kappa shape index (κ3) is 30.3. The molecule has 18 nitrogen and oxygen atoms in total. The van der Waals surface area contributed by atoms with Crippen LogP contribution in [0.1, 0.15) is 78.1 Å². The predicted molar refractivity (Wildman–Crippen MR) is 470 cm³/mol. The number of methoxy groups -OCH3 is 2. The molecule has 0 fully saturated rings. The molecule has 0 aliphatic carbocycles. The third-order valence-corrected chi connectivity index (χ3v) is 19.3. The highest BCUT2D eigenvalue weighted by molar-refractivity contribution is 9.11. The van der Waals surface area contributed by atoms with Crippen molar-refractivity contribution in [2.24, 2.45) is 20.2 Å². The Morgan fingerprint density at radius 2 is 1.04 bits per heavy atom. The number of anilines is 2. The summed E-state index contributed by atoms with van der Waals surface area (Å²) in [5.41, 5.74) is 15.9. The van der Waals surface area contributed by atoms with E-state index in [9.17, 15) is 30.3 Å². The van der Waals surface area contributed by atoms with Crippen LogP contribution in [0, 0.1) is 27.7 Å². The maximum Gasteiger partial charge on any atom is 0.170 e. The normalized spacial score (nSPS) is 10.7. The van der Waals surface area contributed by atoms with Gasteiger partial charge < -0.3 is 39.7 Å². The van der Waals surface area contributed by atoms with Crippen molar-refractivity contribution in [3.8, 4) is 51.7 Å². The van der Waals surface area contributed by atoms with Crippen molar-refractivity contribution in [2.45, 2.75) is 53.6 Å². The van der Waals surface area contributed by atoms with Gasteiger partial charge in [-0.15, -0.1) is 0 Å². The lowest BCUT2D eigenvalue weighted by molar-refractivity contribution is 0.0980. The summed E-state index contributed by atoms with van der Waals surface area (Å²) in [4.78, 5) is 33.2. The zero-order valence-electron chi connectivity index (χ0n) is 60.4. The summed E-state index contributed by atoms with van der Waals surface area (Å²) < 4.78 is 21.3. The van der Waals surface area contributed by atoms with E-state index in [1.54, 1.807) is 99.8 Å². The van der Waals surface area contributed by atoms with Gasteiger partial charge in [-0.05, 0) is 215 Å². The number of Topliss-reactive ketones (excluding diaryl/α,β-unsaturated/α-hetero) is 1. The minimum atomic E-state index is -0.0663. The Balaban J connectivity index is 0.000000185. The smallest absolute Gasteiger partial charge is 0.170 e. The second kappa shape index (κ2) is 46.4. The number of ether oxygens (including phenoxy) is 3. The van der Waals surface area contributed by atoms with Crippen molar-refractivity contribution < 1.29 is 44.5 Å². The zero-order chi connectivity index (χ0) is 80.4. The molecule has 7 N–H and O–H groups in total. The molecule has 0 aliphatic heterocycles. The average molecular weight is 1940 g/mol. The van der Waals surface area contributed by atoms with Crippen LogP contribution < -0.4 is 25.1 Å². The first-order chi connectivity index (χ1) is 53.3. The Morgan fingerprint density at radius 3 is 1.67 bits per heavy atom. The van der Waals surface area contributed by atoms with Gasteiger partial charge in [-0.3, -0.25) is 30.6 Å². The van der Waals surface area contributed by atoms with E-state index in [2.05, 4.69) is 173 Å². The number of nitrogens with zero attached hydrogens (tertiary/aromatic N) is 7. The Kier molecular flexibility index (Phi) is 37.1. The number of pyridine rings is 3. The number of ketones is 1. The van der Waals surface area contributed by atoms with Gasteiger partial charge in [-0.2, -0.15) is 10.2 Å². The Labute approximate surface area is 709 Å². The molecule has 9 aromatic carbocycles. The summed E-state index contributed by atoms with van der Waals surface area (Å²) in [6.07, 6.45) is 12.6. The maximum atomic E-state index is 12.1. The molecular formula is C84H74Br6Cl3N9O9. The molecule has 0 atom stereocenters. The first kappa shape index (κ1) is 88.7. The van der Waals surface area contributed by atoms with Crippen molar-refractivity contribution in [2.75, 3.05) is 25.1 Å². The van der Waals surface area contributed by atoms with Crippen molar-refractivity contribution >= 4 is 173 Å². The van der Waals surface area contributed by atoms with Gasteiger partial charge in [0.2, 0.25) is 0 Å². The molecule has 0 bridgehead atoms. The van der Waals surface area contributed by atoms with Crippen LogP contribution in [0.5, 0.6) is 51.7 Å². The molecule has 3 aromatic heterocycles. The Morgan fingerprint density at radius 1 is 0.450 bits per heavy atom. The van der Waals surface area contributed by atoms with Gasteiger partial charge in [0, 0.05) is 93.7 Å². The Hall–Kier alpha value is -9.47. The number of aliphatic imine (C=N–C) groups is 2. The third-order valence-electron chi connectivity index (χ3n) is 15.1. The summed E-state index contributed by atoms with van der Waals surface area (Å²) in [6, 6.07) is 62.6. The number of benzene rings is 9. The van der Waals surface area contributed by atoms with Crippen LogP contribution in [-0.2, 0) is 19.5 Å². The molecule has 0 radical (unpaired) electrons. The fourth-order valence-corrected chi connectivity index (χ4v) is 13.7. The zero-order valence-corrected chi connectivity index (χ0v) is 72.2. The van der Waals surface area contributed by atoms with Crippen LogP contribution in [0.15, 0.2) is 272 Å². The number of phenols is 5. The van der Waals surface area contributed by atoms with Crippen LogP contribution in [0.25, 0.3) is 0 Å². The number of hydrogen-bond donors (Lipinski definition) is 7. The SMILES string of the molecule is COc1c(Br)cc(Br)cc1C=NCc1ccc(C)cc1.COc1ccc(C)cc1Oc1cc(Cl)ccc1O.Cc1cc(Br)cc(/C=N/Nc2ccccn2)c1O.Cc1cc(O)c(C=NCc2ccccn2)cc1Br.O=C(CCc1ccccc1)c1cc(Br)cc(Br)c1O.Oc1c(Cl)cc(Cl)cc1/C=N/Nc1ccccn1. The summed E-state index contributed by atoms with van der Waals surface area (Å²) in [6.45, 7) is 8.96. The molecule has 0 unspecified atom stereocenters. The molecule has 0 aliphatic rings. The van der Waals surface area contributed by atoms with Crippen LogP contribution in [0.2, 0.25) is 15.1 Å². The molecule has 27 heteroatoms. The largest absolute Gasteiger partial charge is 0.507 e. The molecule has 0 spiro atoms. The Bertz CT molecular complexity index is 5060. The number of carbonyl (C=O) groups is 1. The number of aromatic hydroxyl groups is 5. The maximum absolute atomic E-state index is 12.1. The molecule has 3 heterocycles. The highest BCUT2D eigenvalue weighted by Gasteiger charge is 2.16. The van der Waals surface area contributed by atoms with Crippen LogP contribution in [0.4, 0.5) is 11.6 Å². The highest BCUT2D eigenvalue weighted by atomic mass is 79.9. The van der Waals surface area contributed by atoms with E-state index in [1.807, 2.05) is 142 Å². The predicted octanol–water partition coefficient (Wildman–Crippen LogP) is 24.4. The second-order valence-electron chi connectivity index (χ2n) is 23.6. The van der Waals surface area contributed by atoms with E-state index in [-0.39, 0.29) is 39.6 Å². The molecular weight excluding hydrogens is 1860 g/mol. The number of halogens is 9. The molecule has 111 heavy (non-hydrogen) atoms. The molecule has 0 amide bonds. The number of nitrogens with one attached hydrogen (secondary N) is 2. The summed E-state index contributed by atoms with van der Waals surface area (Å²) in [5, 5.41) is 58.0. The molecule has 0 saturated carbocycles. The van der Waals surface area contributed by atoms with E-state index in [4.69, 9.17) is 49.0 Å². The van der Waals surface area contributed by atoms with E-state index < -0.39 is 0 Å². The van der Waals surface area contributed by atoms with Gasteiger partial charge in [0.15, 0.2) is 28.8 Å². The first-order valence-electron chi connectivity index (χ1n) is 33.4. The average Bonchev–Trinajstić information content (AvgIpc) is 0.778. The number of carbonyl (C=O) groups excluding carboxylic acids is 1. The molecule has 12 aromatic rings. The van der Waals surface area contributed by atoms with Crippen molar-refractivity contribution in [3.05, 3.63) is 334 Å². The molecule has 572 valence electrons. The minimum Gasteiger partial charge on any atom is -0.507 e. The number of hydrogen-bond acceptors (Lipinski definition) is 18.